The lowest BCUT2D eigenvalue weighted by molar-refractivity contribution is -0.120. The van der Waals surface area contributed by atoms with Crippen LogP contribution in [0.3, 0.4) is 0 Å². The number of hydrogen-bond donors (Lipinski definition) is 0. The normalized spacial score (nSPS) is 14.5. The number of thioether (sulfide) groups is 1. The van der Waals surface area contributed by atoms with Crippen molar-refractivity contribution in [2.45, 2.75) is 24.7 Å². The zero-order chi connectivity index (χ0) is 23.5. The summed E-state index contributed by atoms with van der Waals surface area (Å²) in [5, 5.41) is 9.01. The highest BCUT2D eigenvalue weighted by molar-refractivity contribution is 7.98. The van der Waals surface area contributed by atoms with Crippen LogP contribution in [0.15, 0.2) is 41.6 Å². The Hall–Kier alpha value is -3.53. The fourth-order valence-corrected chi connectivity index (χ4v) is 4.00. The SMILES string of the molecule is CCC(=O)N1c2ccccc2-c2nnc(SC)nc2O[C@@H]1c1cc(OC)c(OC)c(OC)c1. The summed E-state index contributed by atoms with van der Waals surface area (Å²) in [4.78, 5) is 19.4. The fourth-order valence-electron chi connectivity index (χ4n) is 3.70. The van der Waals surface area contributed by atoms with Gasteiger partial charge in [0, 0.05) is 17.5 Å². The molecular weight excluding hydrogens is 444 g/mol. The number of fused-ring (bicyclic) bond motifs is 3. The molecule has 0 saturated carbocycles. The zero-order valence-corrected chi connectivity index (χ0v) is 19.8. The molecule has 4 rings (SSSR count). The number of anilines is 1. The average molecular weight is 469 g/mol. The molecule has 3 aromatic rings. The second-order valence-corrected chi connectivity index (χ2v) is 7.79. The lowest BCUT2D eigenvalue weighted by atomic mass is 10.1. The largest absolute Gasteiger partial charge is 0.493 e. The number of carbonyl (C=O) groups excluding carboxylic acids is 1. The minimum Gasteiger partial charge on any atom is -0.493 e. The van der Waals surface area contributed by atoms with Gasteiger partial charge in [-0.25, -0.2) is 0 Å². The number of carbonyl (C=O) groups is 1. The van der Waals surface area contributed by atoms with Crippen molar-refractivity contribution in [3.63, 3.8) is 0 Å². The molecule has 0 aliphatic carbocycles. The Kier molecular flexibility index (Phi) is 6.55. The van der Waals surface area contributed by atoms with Gasteiger partial charge in [-0.1, -0.05) is 36.9 Å². The van der Waals surface area contributed by atoms with Crippen LogP contribution < -0.4 is 23.8 Å². The lowest BCUT2D eigenvalue weighted by Gasteiger charge is -2.31. The van der Waals surface area contributed by atoms with E-state index in [4.69, 9.17) is 18.9 Å². The van der Waals surface area contributed by atoms with Gasteiger partial charge in [0.1, 0.15) is 0 Å². The third kappa shape index (κ3) is 4.02. The Morgan fingerprint density at radius 3 is 2.39 bits per heavy atom. The summed E-state index contributed by atoms with van der Waals surface area (Å²) < 4.78 is 22.9. The molecule has 9 nitrogen and oxygen atoms in total. The van der Waals surface area contributed by atoms with Gasteiger partial charge >= 0.3 is 0 Å². The molecule has 0 radical (unpaired) electrons. The average Bonchev–Trinajstić information content (AvgIpc) is 3.01. The van der Waals surface area contributed by atoms with Gasteiger partial charge in [0.15, 0.2) is 17.2 Å². The topological polar surface area (TPSA) is 95.9 Å². The first-order valence-corrected chi connectivity index (χ1v) is 11.4. The van der Waals surface area contributed by atoms with E-state index in [1.54, 1.807) is 24.0 Å². The van der Waals surface area contributed by atoms with Crippen LogP contribution in [0, 0.1) is 0 Å². The molecule has 0 bridgehead atoms. The van der Waals surface area contributed by atoms with Crippen LogP contribution in [0.5, 0.6) is 23.1 Å². The van der Waals surface area contributed by atoms with Gasteiger partial charge in [0.05, 0.1) is 27.0 Å². The van der Waals surface area contributed by atoms with Crippen LogP contribution in [0.25, 0.3) is 11.3 Å². The first kappa shape index (κ1) is 22.7. The summed E-state index contributed by atoms with van der Waals surface area (Å²) in [7, 11) is 4.61. The van der Waals surface area contributed by atoms with Gasteiger partial charge in [-0.3, -0.25) is 9.69 Å². The third-order valence-electron chi connectivity index (χ3n) is 5.24. The van der Waals surface area contributed by atoms with Crippen molar-refractivity contribution in [2.24, 2.45) is 0 Å². The van der Waals surface area contributed by atoms with E-state index in [9.17, 15) is 4.79 Å². The number of benzene rings is 2. The molecular formula is C23H24N4O5S. The summed E-state index contributed by atoms with van der Waals surface area (Å²) in [6.07, 6.45) is 1.27. The zero-order valence-electron chi connectivity index (χ0n) is 19.0. The summed E-state index contributed by atoms with van der Waals surface area (Å²) in [6.45, 7) is 1.80. The van der Waals surface area contributed by atoms with Gasteiger partial charge in [-0.15, -0.1) is 10.2 Å². The molecule has 172 valence electrons. The van der Waals surface area contributed by atoms with Gasteiger partial charge in [-0.2, -0.15) is 4.98 Å². The fraction of sp³-hybridized carbons (Fsp3) is 0.304. The Morgan fingerprint density at radius 1 is 1.09 bits per heavy atom. The molecule has 0 saturated heterocycles. The second-order valence-electron chi connectivity index (χ2n) is 7.02. The smallest absolute Gasteiger partial charge is 0.247 e. The number of amides is 1. The maximum Gasteiger partial charge on any atom is 0.247 e. The monoisotopic (exact) mass is 468 g/mol. The quantitative estimate of drug-likeness (QED) is 0.495. The first-order valence-electron chi connectivity index (χ1n) is 10.2. The van der Waals surface area contributed by atoms with Gasteiger partial charge < -0.3 is 18.9 Å². The molecule has 2 heterocycles. The number of rotatable bonds is 6. The molecule has 1 atom stereocenters. The van der Waals surface area contributed by atoms with E-state index >= 15 is 0 Å². The molecule has 1 aliphatic heterocycles. The number of methoxy groups -OCH3 is 3. The van der Waals surface area contributed by atoms with Crippen molar-refractivity contribution in [2.75, 3.05) is 32.5 Å². The predicted octanol–water partition coefficient (Wildman–Crippen LogP) is 4.12. The Labute approximate surface area is 196 Å². The van der Waals surface area contributed by atoms with Crippen molar-refractivity contribution in [3.05, 3.63) is 42.0 Å². The van der Waals surface area contributed by atoms with Crippen LogP contribution in [0.1, 0.15) is 25.1 Å². The van der Waals surface area contributed by atoms with Crippen molar-refractivity contribution in [3.8, 4) is 34.4 Å². The van der Waals surface area contributed by atoms with Crippen LogP contribution in [0.4, 0.5) is 5.69 Å². The first-order chi connectivity index (χ1) is 16.1. The maximum atomic E-state index is 13.3. The third-order valence-corrected chi connectivity index (χ3v) is 5.78. The minimum atomic E-state index is -0.861. The highest BCUT2D eigenvalue weighted by Crippen LogP contribution is 2.46. The van der Waals surface area contributed by atoms with Crippen LogP contribution >= 0.6 is 11.8 Å². The van der Waals surface area contributed by atoms with Gasteiger partial charge in [0.25, 0.3) is 0 Å². The standard InChI is InChI=1S/C23H24N4O5S/c1-6-18(28)27-15-10-8-7-9-14(15)19-21(24-23(33-5)26-25-19)32-22(27)13-11-16(29-2)20(31-4)17(12-13)30-3/h7-12,22H,6H2,1-5H3/t22-/m1/s1. The summed E-state index contributed by atoms with van der Waals surface area (Å²) >= 11 is 1.35. The maximum absolute atomic E-state index is 13.3. The van der Waals surface area contributed by atoms with E-state index in [2.05, 4.69) is 15.2 Å². The van der Waals surface area contributed by atoms with Crippen molar-refractivity contribution >= 4 is 23.4 Å². The van der Waals surface area contributed by atoms with E-state index < -0.39 is 6.23 Å². The molecule has 0 N–H and O–H groups in total. The number of ether oxygens (including phenoxy) is 4. The van der Waals surface area contributed by atoms with Crippen LogP contribution in [0.2, 0.25) is 0 Å². The van der Waals surface area contributed by atoms with Crippen molar-refractivity contribution < 1.29 is 23.7 Å². The van der Waals surface area contributed by atoms with E-state index in [1.807, 2.05) is 30.5 Å². The second kappa shape index (κ2) is 9.53. The molecule has 2 aromatic carbocycles. The molecule has 1 amide bonds. The Balaban J connectivity index is 1.99. The van der Waals surface area contributed by atoms with Gasteiger partial charge in [-0.05, 0) is 24.5 Å². The minimum absolute atomic E-state index is 0.132. The number of aromatic nitrogens is 3. The number of para-hydroxylation sites is 1. The van der Waals surface area contributed by atoms with Crippen LogP contribution in [-0.4, -0.2) is 48.7 Å². The molecule has 10 heteroatoms. The molecule has 1 aromatic heterocycles. The molecule has 0 unspecified atom stereocenters. The van der Waals surface area contributed by atoms with Crippen LogP contribution in [-0.2, 0) is 4.79 Å². The van der Waals surface area contributed by atoms with E-state index in [0.717, 1.165) is 0 Å². The Morgan fingerprint density at radius 2 is 1.79 bits per heavy atom. The van der Waals surface area contributed by atoms with E-state index in [-0.39, 0.29) is 18.2 Å². The molecule has 0 fully saturated rings. The number of nitrogens with zero attached hydrogens (tertiary/aromatic N) is 4. The van der Waals surface area contributed by atoms with E-state index in [0.29, 0.717) is 44.9 Å². The predicted molar refractivity (Wildman–Crippen MR) is 124 cm³/mol. The van der Waals surface area contributed by atoms with E-state index in [1.165, 1.54) is 33.1 Å². The highest BCUT2D eigenvalue weighted by Gasteiger charge is 2.36. The Bertz CT molecular complexity index is 1160. The lowest BCUT2D eigenvalue weighted by Crippen LogP contribution is -2.37. The molecule has 0 spiro atoms. The van der Waals surface area contributed by atoms with Gasteiger partial charge in [0.2, 0.25) is 28.9 Å². The molecule has 33 heavy (non-hydrogen) atoms. The van der Waals surface area contributed by atoms with Crippen molar-refractivity contribution in [1.29, 1.82) is 0 Å². The number of hydrogen-bond acceptors (Lipinski definition) is 9. The summed E-state index contributed by atoms with van der Waals surface area (Å²) in [5.41, 5.74) is 2.44. The molecule has 1 aliphatic rings. The summed E-state index contributed by atoms with van der Waals surface area (Å²) in [5.74, 6) is 1.49. The highest BCUT2D eigenvalue weighted by atomic mass is 32.2. The summed E-state index contributed by atoms with van der Waals surface area (Å²) in [6, 6.07) is 11.0. The van der Waals surface area contributed by atoms with Crippen molar-refractivity contribution in [1.82, 2.24) is 15.2 Å².